The predicted octanol–water partition coefficient (Wildman–Crippen LogP) is 1.11. The number of nitrogens with one attached hydrogen (secondary N) is 2. The van der Waals surface area contributed by atoms with Crippen LogP contribution in [0, 0.1) is 0 Å². The summed E-state index contributed by atoms with van der Waals surface area (Å²) in [6, 6.07) is 1.50. The number of methoxy groups -OCH3 is 1. The monoisotopic (exact) mass is 369 g/mol. The molecule has 1 aromatic heterocycles. The number of hydrazine groups is 1. The molecule has 0 amide bonds. The third kappa shape index (κ3) is 2.92. The fourth-order valence-corrected chi connectivity index (χ4v) is 4.14. The highest BCUT2D eigenvalue weighted by molar-refractivity contribution is 7.93. The van der Waals surface area contributed by atoms with Crippen LogP contribution in [-0.4, -0.2) is 43.7 Å². The van der Waals surface area contributed by atoms with Crippen LogP contribution in [-0.2, 0) is 14.8 Å². The fourth-order valence-electron chi connectivity index (χ4n) is 2.24. The average Bonchev–Trinajstić information content (AvgIpc) is 3.13. The van der Waals surface area contributed by atoms with E-state index in [0.717, 1.165) is 22.7 Å². The normalized spacial score (nSPS) is 20.0. The second-order valence-corrected chi connectivity index (χ2v) is 7.74. The van der Waals surface area contributed by atoms with E-state index in [0.29, 0.717) is 0 Å². The fraction of sp³-hybridized carbons (Fsp3) is 0.308. The lowest BCUT2D eigenvalue weighted by atomic mass is 10.3. The number of anilines is 1. The molecule has 0 saturated carbocycles. The van der Waals surface area contributed by atoms with Crippen molar-refractivity contribution in [1.29, 1.82) is 0 Å². The number of sulfonamides is 1. The zero-order valence-electron chi connectivity index (χ0n) is 13.1. The van der Waals surface area contributed by atoms with E-state index in [4.69, 9.17) is 0 Å². The quantitative estimate of drug-likeness (QED) is 0.769. The molecule has 24 heavy (non-hydrogen) atoms. The molecule has 0 bridgehead atoms. The van der Waals surface area contributed by atoms with Crippen molar-refractivity contribution >= 4 is 44.7 Å². The highest BCUT2D eigenvalue weighted by Crippen LogP contribution is 2.26. The largest absolute Gasteiger partial charge is 0.465 e. The third-order valence-corrected chi connectivity index (χ3v) is 5.50. The molecule has 2 N–H and O–H groups in total. The van der Waals surface area contributed by atoms with E-state index in [-0.39, 0.29) is 16.5 Å². The summed E-state index contributed by atoms with van der Waals surface area (Å²) in [5.41, 5.74) is 3.19. The van der Waals surface area contributed by atoms with Crippen molar-refractivity contribution in [3.8, 4) is 0 Å². The first-order chi connectivity index (χ1) is 11.3. The van der Waals surface area contributed by atoms with Gasteiger partial charge < -0.3 is 4.74 Å². The molecule has 2 aliphatic rings. The number of aliphatic imine (C=N–C) groups is 2. The van der Waals surface area contributed by atoms with E-state index in [1.807, 2.05) is 13.0 Å². The number of nitrogens with zero attached hydrogens (tertiary/aromatic N) is 3. The van der Waals surface area contributed by atoms with Crippen LogP contribution in [0.4, 0.5) is 5.69 Å². The Bertz CT molecular complexity index is 884. The van der Waals surface area contributed by atoms with Gasteiger partial charge in [-0.2, -0.15) is 5.43 Å². The van der Waals surface area contributed by atoms with Crippen molar-refractivity contribution in [2.75, 3.05) is 11.8 Å². The van der Waals surface area contributed by atoms with Crippen LogP contribution in [0.3, 0.4) is 0 Å². The SMILES string of the molecule is COC(=O)c1sccc1NS(=O)(=O)C1N=C2N=C(C)C=C(C)N2N1. The Balaban J connectivity index is 1.85. The molecule has 11 heteroatoms. The number of esters is 1. The lowest BCUT2D eigenvalue weighted by molar-refractivity contribution is 0.0607. The van der Waals surface area contributed by atoms with Crippen LogP contribution in [0.25, 0.3) is 0 Å². The Morgan fingerprint density at radius 2 is 2.21 bits per heavy atom. The number of carbonyl (C=O) groups excluding carboxylic acids is 1. The molecule has 0 saturated heterocycles. The molecule has 1 aromatic rings. The van der Waals surface area contributed by atoms with E-state index in [2.05, 4.69) is 24.9 Å². The van der Waals surface area contributed by atoms with Crippen LogP contribution in [0.2, 0.25) is 0 Å². The molecule has 0 radical (unpaired) electrons. The minimum absolute atomic E-state index is 0.158. The first kappa shape index (κ1) is 16.6. The third-order valence-electron chi connectivity index (χ3n) is 3.30. The molecule has 3 heterocycles. The zero-order valence-corrected chi connectivity index (χ0v) is 14.7. The minimum Gasteiger partial charge on any atom is -0.465 e. The summed E-state index contributed by atoms with van der Waals surface area (Å²) in [6.45, 7) is 3.62. The van der Waals surface area contributed by atoms with Gasteiger partial charge in [-0.15, -0.1) is 11.3 Å². The maximum absolute atomic E-state index is 12.6. The summed E-state index contributed by atoms with van der Waals surface area (Å²) in [6.07, 6.45) is 1.81. The number of fused-ring (bicyclic) bond motifs is 1. The smallest absolute Gasteiger partial charge is 0.350 e. The number of carbonyl (C=O) groups is 1. The number of thiophene rings is 1. The van der Waals surface area contributed by atoms with Crippen molar-refractivity contribution in [3.05, 3.63) is 28.1 Å². The molecular formula is C13H15N5O4S2. The lowest BCUT2D eigenvalue weighted by Crippen LogP contribution is -2.44. The maximum atomic E-state index is 12.6. The second-order valence-electron chi connectivity index (χ2n) is 5.09. The Morgan fingerprint density at radius 1 is 1.46 bits per heavy atom. The maximum Gasteiger partial charge on any atom is 0.350 e. The van der Waals surface area contributed by atoms with Crippen molar-refractivity contribution < 1.29 is 17.9 Å². The van der Waals surface area contributed by atoms with Crippen LogP contribution in [0.5, 0.6) is 0 Å². The summed E-state index contributed by atoms with van der Waals surface area (Å²) in [7, 11) is -2.70. The molecule has 3 rings (SSSR count). The van der Waals surface area contributed by atoms with Gasteiger partial charge in [-0.3, -0.25) is 4.72 Å². The number of rotatable bonds is 4. The van der Waals surface area contributed by atoms with Gasteiger partial charge in [-0.05, 0) is 31.4 Å². The molecule has 1 atom stereocenters. The number of hydrogen-bond acceptors (Lipinski definition) is 9. The molecule has 2 aliphatic heterocycles. The molecular weight excluding hydrogens is 354 g/mol. The van der Waals surface area contributed by atoms with Crippen LogP contribution >= 0.6 is 11.3 Å². The van der Waals surface area contributed by atoms with Crippen molar-refractivity contribution in [2.24, 2.45) is 9.98 Å². The predicted molar refractivity (Wildman–Crippen MR) is 91.3 cm³/mol. The molecule has 0 spiro atoms. The Labute approximate surface area is 142 Å². The summed E-state index contributed by atoms with van der Waals surface area (Å²) in [5, 5.41) is 3.10. The lowest BCUT2D eigenvalue weighted by Gasteiger charge is -2.23. The topological polar surface area (TPSA) is 112 Å². The summed E-state index contributed by atoms with van der Waals surface area (Å²) in [4.78, 5) is 20.1. The van der Waals surface area contributed by atoms with Crippen LogP contribution in [0.1, 0.15) is 23.5 Å². The van der Waals surface area contributed by atoms with Gasteiger partial charge in [0, 0.05) is 11.4 Å². The minimum atomic E-state index is -3.93. The number of guanidine groups is 1. The highest BCUT2D eigenvalue weighted by atomic mass is 32.2. The second kappa shape index (κ2) is 6.00. The molecule has 1 unspecified atom stereocenters. The molecule has 0 aliphatic carbocycles. The van der Waals surface area contributed by atoms with E-state index in [1.54, 1.807) is 12.3 Å². The van der Waals surface area contributed by atoms with Gasteiger partial charge in [0.25, 0.3) is 10.0 Å². The molecule has 0 aromatic carbocycles. The molecule has 0 fully saturated rings. The highest BCUT2D eigenvalue weighted by Gasteiger charge is 2.36. The van der Waals surface area contributed by atoms with Gasteiger partial charge in [0.05, 0.1) is 12.8 Å². The van der Waals surface area contributed by atoms with Crippen molar-refractivity contribution in [1.82, 2.24) is 10.4 Å². The Morgan fingerprint density at radius 3 is 2.92 bits per heavy atom. The van der Waals surface area contributed by atoms with E-state index < -0.39 is 21.5 Å². The average molecular weight is 369 g/mol. The molecule has 128 valence electrons. The van der Waals surface area contributed by atoms with Crippen LogP contribution < -0.4 is 10.1 Å². The first-order valence-electron chi connectivity index (χ1n) is 6.87. The van der Waals surface area contributed by atoms with E-state index in [9.17, 15) is 13.2 Å². The van der Waals surface area contributed by atoms with E-state index >= 15 is 0 Å². The van der Waals surface area contributed by atoms with Crippen molar-refractivity contribution in [2.45, 2.75) is 19.3 Å². The van der Waals surface area contributed by atoms with Crippen LogP contribution in [0.15, 0.2) is 33.2 Å². The summed E-state index contributed by atoms with van der Waals surface area (Å²) < 4.78 is 32.2. The number of ether oxygens (including phenoxy) is 1. The van der Waals surface area contributed by atoms with Gasteiger partial charge >= 0.3 is 5.97 Å². The Kier molecular flexibility index (Phi) is 4.15. The van der Waals surface area contributed by atoms with Gasteiger partial charge in [-0.1, -0.05) is 0 Å². The van der Waals surface area contributed by atoms with Gasteiger partial charge in [-0.25, -0.2) is 28.2 Å². The summed E-state index contributed by atoms with van der Waals surface area (Å²) in [5.74, 6) is -0.328. The van der Waals surface area contributed by atoms with Gasteiger partial charge in [0.1, 0.15) is 4.88 Å². The Hall–Kier alpha value is -2.24. The van der Waals surface area contributed by atoms with Crippen molar-refractivity contribution in [3.63, 3.8) is 0 Å². The number of hydrogen-bond donors (Lipinski definition) is 2. The van der Waals surface area contributed by atoms with E-state index in [1.165, 1.54) is 18.2 Å². The number of allylic oxidation sites excluding steroid dienone is 2. The standard InChI is InChI=1S/C13H15N5O4S2/c1-7-6-8(2)18-12(14-7)15-13(16-18)24(20,21)17-9-4-5-23-10(9)11(19)22-3/h4-6,13,16-17H,1-3H3. The first-order valence-corrected chi connectivity index (χ1v) is 9.29. The summed E-state index contributed by atoms with van der Waals surface area (Å²) >= 11 is 1.09. The molecule has 9 nitrogen and oxygen atoms in total. The van der Waals surface area contributed by atoms with Gasteiger partial charge in [0.15, 0.2) is 0 Å². The van der Waals surface area contributed by atoms with Gasteiger partial charge in [0.2, 0.25) is 11.5 Å². The zero-order chi connectivity index (χ0) is 17.5.